The predicted octanol–water partition coefficient (Wildman–Crippen LogP) is 8.73. The van der Waals surface area contributed by atoms with Crippen molar-refractivity contribution in [1.82, 2.24) is 0 Å². The Morgan fingerprint density at radius 1 is 0.795 bits per heavy atom. The smallest absolute Gasteiger partial charge is 0.339 e. The van der Waals surface area contributed by atoms with Crippen molar-refractivity contribution >= 4 is 5.97 Å². The van der Waals surface area contributed by atoms with Crippen molar-refractivity contribution in [3.05, 3.63) is 83.9 Å². The van der Waals surface area contributed by atoms with E-state index in [9.17, 15) is 4.79 Å². The Morgan fingerprint density at radius 2 is 1.49 bits per heavy atom. The number of epoxide rings is 1. The molecule has 1 heterocycles. The molecular weight excluding hydrogens is 488 g/mol. The van der Waals surface area contributed by atoms with Crippen LogP contribution in [0.4, 0.5) is 0 Å². The first-order chi connectivity index (χ1) is 19.0. The zero-order valence-corrected chi connectivity index (χ0v) is 23.7. The highest BCUT2D eigenvalue weighted by Crippen LogP contribution is 2.28. The van der Waals surface area contributed by atoms with E-state index in [1.54, 1.807) is 18.2 Å². The fraction of sp³-hybridized carbons (Fsp3) is 0.441. The monoisotopic (exact) mass is 532 g/mol. The van der Waals surface area contributed by atoms with Crippen molar-refractivity contribution in [2.24, 2.45) is 0 Å². The van der Waals surface area contributed by atoms with Gasteiger partial charge in [-0.15, -0.1) is 0 Å². The van der Waals surface area contributed by atoms with Gasteiger partial charge in [-0.1, -0.05) is 101 Å². The number of carboxylic acids is 1. The van der Waals surface area contributed by atoms with Crippen LogP contribution in [-0.2, 0) is 4.74 Å². The normalized spacial score (nSPS) is 15.7. The Bertz CT molecular complexity index is 1110. The van der Waals surface area contributed by atoms with E-state index in [2.05, 4.69) is 50.2 Å². The summed E-state index contributed by atoms with van der Waals surface area (Å²) >= 11 is 0. The van der Waals surface area contributed by atoms with Gasteiger partial charge in [0.05, 0.1) is 12.7 Å². The first kappa shape index (κ1) is 30.2. The molecule has 1 aliphatic heterocycles. The van der Waals surface area contributed by atoms with Gasteiger partial charge in [0.1, 0.15) is 29.8 Å². The molecule has 5 nitrogen and oxygen atoms in total. The third-order valence-electron chi connectivity index (χ3n) is 6.76. The third kappa shape index (κ3) is 10.8. The Morgan fingerprint density at radius 3 is 2.18 bits per heavy atom. The van der Waals surface area contributed by atoms with Gasteiger partial charge < -0.3 is 19.3 Å². The van der Waals surface area contributed by atoms with Crippen molar-refractivity contribution in [2.75, 3.05) is 13.2 Å². The summed E-state index contributed by atoms with van der Waals surface area (Å²) in [5.41, 5.74) is 3.71. The van der Waals surface area contributed by atoms with Crippen LogP contribution in [-0.4, -0.2) is 36.5 Å². The van der Waals surface area contributed by atoms with Gasteiger partial charge in [-0.05, 0) is 60.7 Å². The molecule has 1 N–H and O–H groups in total. The van der Waals surface area contributed by atoms with Crippen LogP contribution in [0.15, 0.2) is 72.8 Å². The number of carboxylic acid groups (broad SMARTS) is 1. The van der Waals surface area contributed by atoms with Gasteiger partial charge in [0.15, 0.2) is 0 Å². The second-order valence-corrected chi connectivity index (χ2v) is 10.1. The summed E-state index contributed by atoms with van der Waals surface area (Å²) in [4.78, 5) is 11.1. The summed E-state index contributed by atoms with van der Waals surface area (Å²) in [5, 5.41) is 9.08. The summed E-state index contributed by atoms with van der Waals surface area (Å²) in [5.74, 6) is 0.467. The van der Waals surface area contributed by atoms with Crippen molar-refractivity contribution in [1.29, 1.82) is 0 Å². The predicted molar refractivity (Wildman–Crippen MR) is 158 cm³/mol. The lowest BCUT2D eigenvalue weighted by molar-refractivity contribution is 0.0692. The quantitative estimate of drug-likeness (QED) is 0.157. The zero-order valence-electron chi connectivity index (χ0n) is 23.7. The van der Waals surface area contributed by atoms with E-state index in [1.807, 2.05) is 25.1 Å². The van der Waals surface area contributed by atoms with E-state index >= 15 is 0 Å². The second kappa shape index (κ2) is 16.6. The summed E-state index contributed by atoms with van der Waals surface area (Å²) in [6.07, 6.45) is 10.2. The molecule has 0 aromatic heterocycles. The number of aryl methyl sites for hydroxylation is 1. The number of rotatable bonds is 15. The van der Waals surface area contributed by atoms with E-state index < -0.39 is 5.97 Å². The molecule has 0 spiro atoms. The molecule has 3 aromatic carbocycles. The largest absolute Gasteiger partial charge is 0.493 e. The van der Waals surface area contributed by atoms with Crippen molar-refractivity contribution in [2.45, 2.75) is 84.3 Å². The fourth-order valence-electron chi connectivity index (χ4n) is 4.41. The van der Waals surface area contributed by atoms with Gasteiger partial charge in [-0.25, -0.2) is 4.79 Å². The van der Waals surface area contributed by atoms with Gasteiger partial charge in [-0.2, -0.15) is 0 Å². The zero-order chi connectivity index (χ0) is 27.9. The number of aromatic carboxylic acids is 1. The van der Waals surface area contributed by atoms with Gasteiger partial charge in [0.25, 0.3) is 0 Å². The lowest BCUT2D eigenvalue weighted by atomic mass is 10.1. The fourth-order valence-corrected chi connectivity index (χ4v) is 4.41. The molecule has 0 unspecified atom stereocenters. The summed E-state index contributed by atoms with van der Waals surface area (Å²) in [7, 11) is 0. The maximum absolute atomic E-state index is 11.1. The number of ether oxygens (including phenoxy) is 3. The molecule has 0 aliphatic carbocycles. The van der Waals surface area contributed by atoms with Crippen LogP contribution < -0.4 is 9.47 Å². The molecule has 2 atom stereocenters. The van der Waals surface area contributed by atoms with Crippen LogP contribution in [0.25, 0.3) is 11.1 Å². The first-order valence-corrected chi connectivity index (χ1v) is 14.4. The van der Waals surface area contributed by atoms with Crippen molar-refractivity contribution in [3.63, 3.8) is 0 Å². The number of benzene rings is 3. The van der Waals surface area contributed by atoms with Crippen LogP contribution >= 0.6 is 0 Å². The Hall–Kier alpha value is -3.31. The van der Waals surface area contributed by atoms with Gasteiger partial charge >= 0.3 is 5.97 Å². The minimum Gasteiger partial charge on any atom is -0.493 e. The van der Waals surface area contributed by atoms with E-state index in [4.69, 9.17) is 19.3 Å². The molecule has 210 valence electrons. The first-order valence-electron chi connectivity index (χ1n) is 14.4. The molecular formula is C34H44O5. The average molecular weight is 533 g/mol. The van der Waals surface area contributed by atoms with Gasteiger partial charge in [0, 0.05) is 0 Å². The molecule has 4 rings (SSSR count). The number of unbranched alkanes of at least 4 members (excludes halogenated alkanes) is 5. The molecule has 0 saturated carbocycles. The molecule has 1 fully saturated rings. The lowest BCUT2D eigenvalue weighted by Gasteiger charge is -2.10. The Labute approximate surface area is 234 Å². The number of hydrogen-bond donors (Lipinski definition) is 1. The molecule has 1 saturated heterocycles. The van der Waals surface area contributed by atoms with E-state index in [0.717, 1.165) is 30.6 Å². The molecule has 0 bridgehead atoms. The standard InChI is InChI=1S/C18H20O2.C16H24O3/c1-2-6-17-18(20-17)13-19-16-11-9-15(10-12-16)14-7-4-3-5-8-14;1-3-4-5-6-7-8-11-19-15-12-13(2)9-10-14(15)16(17)18/h3-5,7-12,17-18H,2,6,13H2,1H3;9-10,12H,3-8,11H2,1-2H3,(H,17,18)/t17-,18-;/m1./s1. The van der Waals surface area contributed by atoms with E-state index in [-0.39, 0.29) is 5.56 Å². The highest BCUT2D eigenvalue weighted by atomic mass is 16.6. The maximum Gasteiger partial charge on any atom is 0.339 e. The average Bonchev–Trinajstić information content (AvgIpc) is 3.70. The topological polar surface area (TPSA) is 68.3 Å². The van der Waals surface area contributed by atoms with Crippen LogP contribution in [0.5, 0.6) is 11.5 Å². The molecule has 1 aliphatic rings. The maximum atomic E-state index is 11.1. The number of carbonyl (C=O) groups is 1. The van der Waals surface area contributed by atoms with Crippen LogP contribution in [0.1, 0.15) is 81.1 Å². The molecule has 3 aromatic rings. The SMILES string of the molecule is CCCCCCCCOc1cc(C)ccc1C(=O)O.CCC[C@H]1O[C@@H]1COc1ccc(-c2ccccc2)cc1. The summed E-state index contributed by atoms with van der Waals surface area (Å²) < 4.78 is 16.9. The van der Waals surface area contributed by atoms with Crippen LogP contribution in [0.2, 0.25) is 0 Å². The van der Waals surface area contributed by atoms with Crippen LogP contribution in [0, 0.1) is 6.92 Å². The molecule has 0 radical (unpaired) electrons. The molecule has 5 heteroatoms. The highest BCUT2D eigenvalue weighted by Gasteiger charge is 2.38. The van der Waals surface area contributed by atoms with Crippen molar-refractivity contribution in [3.8, 4) is 22.6 Å². The van der Waals surface area contributed by atoms with E-state index in [1.165, 1.54) is 43.2 Å². The molecule has 39 heavy (non-hydrogen) atoms. The summed E-state index contributed by atoms with van der Waals surface area (Å²) in [6, 6.07) is 23.8. The van der Waals surface area contributed by atoms with Gasteiger partial charge in [0.2, 0.25) is 0 Å². The lowest BCUT2D eigenvalue weighted by Crippen LogP contribution is -2.07. The Balaban J connectivity index is 0.000000216. The van der Waals surface area contributed by atoms with Crippen LogP contribution in [0.3, 0.4) is 0 Å². The second-order valence-electron chi connectivity index (χ2n) is 10.1. The minimum absolute atomic E-state index is 0.247. The highest BCUT2D eigenvalue weighted by molar-refractivity contribution is 5.90. The summed E-state index contributed by atoms with van der Waals surface area (Å²) in [6.45, 7) is 7.57. The Kier molecular flexibility index (Phi) is 12.9. The van der Waals surface area contributed by atoms with Crippen molar-refractivity contribution < 1.29 is 24.1 Å². The minimum atomic E-state index is -0.932. The van der Waals surface area contributed by atoms with Gasteiger partial charge in [-0.3, -0.25) is 0 Å². The third-order valence-corrected chi connectivity index (χ3v) is 6.76. The number of hydrogen-bond acceptors (Lipinski definition) is 4. The van der Waals surface area contributed by atoms with E-state index in [0.29, 0.717) is 31.2 Å². The molecule has 0 amide bonds.